The molecule has 0 saturated heterocycles. The van der Waals surface area contributed by atoms with E-state index in [-0.39, 0.29) is 6.03 Å². The average Bonchev–Trinajstić information content (AvgIpc) is 3.24. The van der Waals surface area contributed by atoms with Crippen LogP contribution in [0.5, 0.6) is 0 Å². The van der Waals surface area contributed by atoms with E-state index in [2.05, 4.69) is 17.0 Å². The lowest BCUT2D eigenvalue weighted by molar-refractivity contribution is 0.202. The summed E-state index contributed by atoms with van der Waals surface area (Å²) in [7, 11) is 1.82. The van der Waals surface area contributed by atoms with Crippen LogP contribution in [-0.2, 0) is 0 Å². The van der Waals surface area contributed by atoms with Gasteiger partial charge in [-0.25, -0.2) is 9.48 Å². The number of allylic oxidation sites excluding steroid dienone is 1. The Morgan fingerprint density at radius 1 is 1.48 bits per heavy atom. The highest BCUT2D eigenvalue weighted by Crippen LogP contribution is 2.44. The molecule has 3 atom stereocenters. The maximum atomic E-state index is 12.4. The van der Waals surface area contributed by atoms with Crippen LogP contribution in [0.4, 0.5) is 4.79 Å². The van der Waals surface area contributed by atoms with Crippen LogP contribution in [0.2, 0.25) is 0 Å². The first kappa shape index (κ1) is 15.8. The summed E-state index contributed by atoms with van der Waals surface area (Å²) in [6, 6.07) is 2.27. The summed E-state index contributed by atoms with van der Waals surface area (Å²) in [5.41, 5.74) is 1.88. The number of carbonyl (C=O) groups is 1. The van der Waals surface area contributed by atoms with E-state index in [0.29, 0.717) is 18.5 Å². The number of likely N-dealkylation sites (N-methyl/N-ethyl adjacent to an activating group) is 1. The van der Waals surface area contributed by atoms with Crippen molar-refractivity contribution in [3.63, 3.8) is 0 Å². The van der Waals surface area contributed by atoms with E-state index < -0.39 is 0 Å². The van der Waals surface area contributed by atoms with Gasteiger partial charge in [0.15, 0.2) is 0 Å². The molecule has 2 bridgehead atoms. The molecule has 0 aliphatic heterocycles. The molecule has 2 aliphatic rings. The molecular weight excluding hydrogens is 288 g/mol. The van der Waals surface area contributed by atoms with Crippen LogP contribution in [0.1, 0.15) is 32.6 Å². The Balaban J connectivity index is 1.50. The van der Waals surface area contributed by atoms with Gasteiger partial charge in [-0.15, -0.1) is 0 Å². The first-order valence-electron chi connectivity index (χ1n) is 8.40. The largest absolute Gasteiger partial charge is 0.335 e. The van der Waals surface area contributed by atoms with E-state index in [4.69, 9.17) is 0 Å². The van der Waals surface area contributed by atoms with Crippen LogP contribution in [0.3, 0.4) is 0 Å². The number of nitrogens with zero attached hydrogens (tertiary/aromatic N) is 3. The normalized spacial score (nSPS) is 26.3. The van der Waals surface area contributed by atoms with Gasteiger partial charge in [-0.1, -0.05) is 13.0 Å². The topological polar surface area (TPSA) is 50.2 Å². The summed E-state index contributed by atoms with van der Waals surface area (Å²) in [5, 5.41) is 7.39. The van der Waals surface area contributed by atoms with Gasteiger partial charge in [-0.05, 0) is 55.7 Å². The molecule has 0 unspecified atom stereocenters. The zero-order valence-electron chi connectivity index (χ0n) is 14.0. The van der Waals surface area contributed by atoms with Crippen molar-refractivity contribution in [1.82, 2.24) is 20.0 Å². The van der Waals surface area contributed by atoms with Gasteiger partial charge in [0, 0.05) is 37.7 Å². The molecule has 2 amide bonds. The molecular formula is C18H26N4O. The number of aromatic nitrogens is 2. The zero-order valence-corrected chi connectivity index (χ0v) is 14.0. The summed E-state index contributed by atoms with van der Waals surface area (Å²) in [4.78, 5) is 14.1. The average molecular weight is 314 g/mol. The molecule has 1 heterocycles. The minimum atomic E-state index is 0.00819. The molecule has 1 aromatic heterocycles. The minimum Gasteiger partial charge on any atom is -0.335 e. The molecule has 2 fully saturated rings. The van der Waals surface area contributed by atoms with E-state index in [9.17, 15) is 4.79 Å². The fourth-order valence-corrected chi connectivity index (χ4v) is 3.95. The van der Waals surface area contributed by atoms with Gasteiger partial charge < -0.3 is 10.2 Å². The van der Waals surface area contributed by atoms with Crippen molar-refractivity contribution < 1.29 is 4.79 Å². The molecule has 0 spiro atoms. The second kappa shape index (κ2) is 6.60. The van der Waals surface area contributed by atoms with Gasteiger partial charge in [0.25, 0.3) is 0 Å². The van der Waals surface area contributed by atoms with Gasteiger partial charge in [0.2, 0.25) is 0 Å². The van der Waals surface area contributed by atoms with Crippen LogP contribution in [0, 0.1) is 11.8 Å². The van der Waals surface area contributed by atoms with Crippen molar-refractivity contribution >= 4 is 11.7 Å². The monoisotopic (exact) mass is 314 g/mol. The van der Waals surface area contributed by atoms with Crippen molar-refractivity contribution in [3.05, 3.63) is 36.7 Å². The van der Waals surface area contributed by atoms with Crippen molar-refractivity contribution in [2.45, 2.75) is 38.6 Å². The molecule has 5 nitrogen and oxygen atoms in total. The second-order valence-corrected chi connectivity index (χ2v) is 6.98. The summed E-state index contributed by atoms with van der Waals surface area (Å²) in [5.74, 6) is 1.53. The lowest BCUT2D eigenvalue weighted by Gasteiger charge is -2.26. The molecule has 23 heavy (non-hydrogen) atoms. The number of nitrogens with one attached hydrogen (secondary N) is 1. The summed E-state index contributed by atoms with van der Waals surface area (Å²) in [6.45, 7) is 6.56. The van der Waals surface area contributed by atoms with Crippen molar-refractivity contribution in [2.24, 2.45) is 11.8 Å². The predicted molar refractivity (Wildman–Crippen MR) is 91.7 cm³/mol. The van der Waals surface area contributed by atoms with Crippen LogP contribution in [-0.4, -0.2) is 40.3 Å². The van der Waals surface area contributed by atoms with Gasteiger partial charge in [0.05, 0.1) is 0 Å². The third kappa shape index (κ3) is 3.66. The lowest BCUT2D eigenvalue weighted by atomic mass is 9.95. The van der Waals surface area contributed by atoms with Gasteiger partial charge >= 0.3 is 6.03 Å². The first-order valence-corrected chi connectivity index (χ1v) is 8.40. The Bertz CT molecular complexity index is 605. The molecule has 2 aliphatic carbocycles. The van der Waals surface area contributed by atoms with Crippen LogP contribution < -0.4 is 5.32 Å². The molecule has 1 aromatic rings. The summed E-state index contributed by atoms with van der Waals surface area (Å²) in [6.07, 6.45) is 10.7. The smallest absolute Gasteiger partial charge is 0.317 e. The number of carbonyl (C=O) groups excluding carboxylic acids is 1. The molecule has 0 radical (unpaired) electrons. The van der Waals surface area contributed by atoms with Crippen molar-refractivity contribution in [2.75, 3.05) is 13.6 Å². The standard InChI is InChI=1S/C18H26N4O/c1-13(9-14(2)22-8-4-7-19-22)12-21(3)18(23)20-17-11-15-5-6-16(17)10-15/h4,7-9,15-17H,1,5-6,10-12H2,2-3H3,(H,20,23)/b14-9+/t15-,16+,17+/m1/s1. The van der Waals surface area contributed by atoms with Crippen LogP contribution >= 0.6 is 0 Å². The second-order valence-electron chi connectivity index (χ2n) is 6.98. The predicted octanol–water partition coefficient (Wildman–Crippen LogP) is 3.13. The third-order valence-electron chi connectivity index (χ3n) is 5.11. The first-order chi connectivity index (χ1) is 11.0. The van der Waals surface area contributed by atoms with Crippen molar-refractivity contribution in [3.8, 4) is 0 Å². The number of hydrogen-bond acceptors (Lipinski definition) is 2. The molecule has 3 rings (SSSR count). The van der Waals surface area contributed by atoms with E-state index >= 15 is 0 Å². The van der Waals surface area contributed by atoms with E-state index in [1.807, 2.05) is 32.3 Å². The van der Waals surface area contributed by atoms with Gasteiger partial charge in [-0.2, -0.15) is 5.10 Å². The Hall–Kier alpha value is -2.04. The Morgan fingerprint density at radius 3 is 2.91 bits per heavy atom. The molecule has 124 valence electrons. The zero-order chi connectivity index (χ0) is 16.4. The summed E-state index contributed by atoms with van der Waals surface area (Å²) < 4.78 is 1.79. The Kier molecular flexibility index (Phi) is 4.55. The SMILES string of the molecule is C=C(/C=C(\C)n1cccn1)CN(C)C(=O)N[C@H]1C[C@@H]2CC[C@H]1C2. The van der Waals surface area contributed by atoms with E-state index in [0.717, 1.165) is 23.6 Å². The Morgan fingerprint density at radius 2 is 2.30 bits per heavy atom. The maximum Gasteiger partial charge on any atom is 0.317 e. The third-order valence-corrected chi connectivity index (χ3v) is 5.11. The van der Waals surface area contributed by atoms with Gasteiger partial charge in [-0.3, -0.25) is 0 Å². The Labute approximate surface area is 138 Å². The molecule has 0 aromatic carbocycles. The maximum absolute atomic E-state index is 12.4. The molecule has 5 heteroatoms. The number of rotatable bonds is 5. The fourth-order valence-electron chi connectivity index (χ4n) is 3.95. The highest BCUT2D eigenvalue weighted by molar-refractivity contribution is 5.74. The van der Waals surface area contributed by atoms with Crippen molar-refractivity contribution in [1.29, 1.82) is 0 Å². The number of fused-ring (bicyclic) bond motifs is 2. The highest BCUT2D eigenvalue weighted by atomic mass is 16.2. The quantitative estimate of drug-likeness (QED) is 0.849. The molecule has 1 N–H and O–H groups in total. The van der Waals surface area contributed by atoms with Gasteiger partial charge in [0.1, 0.15) is 0 Å². The van der Waals surface area contributed by atoms with E-state index in [1.54, 1.807) is 15.8 Å². The number of urea groups is 1. The minimum absolute atomic E-state index is 0.00819. The number of hydrogen-bond donors (Lipinski definition) is 1. The van der Waals surface area contributed by atoms with Crippen LogP contribution in [0.25, 0.3) is 5.70 Å². The fraction of sp³-hybridized carbons (Fsp3) is 0.556. The summed E-state index contributed by atoms with van der Waals surface area (Å²) >= 11 is 0. The lowest BCUT2D eigenvalue weighted by Crippen LogP contribution is -2.45. The highest BCUT2D eigenvalue weighted by Gasteiger charge is 2.40. The molecule has 2 saturated carbocycles. The van der Waals surface area contributed by atoms with Crippen LogP contribution in [0.15, 0.2) is 36.7 Å². The number of amides is 2. The van der Waals surface area contributed by atoms with E-state index in [1.165, 1.54) is 19.3 Å².